The second kappa shape index (κ2) is 9.50. The second-order valence-corrected chi connectivity index (χ2v) is 8.26. The van der Waals surface area contributed by atoms with Crippen LogP contribution in [-0.2, 0) is 22.7 Å². The third-order valence-corrected chi connectivity index (χ3v) is 5.93. The molecular weight excluding hydrogens is 368 g/mol. The number of amides is 3. The summed E-state index contributed by atoms with van der Waals surface area (Å²) in [6.07, 6.45) is 3.93. The first kappa shape index (κ1) is 21.5. The van der Waals surface area contributed by atoms with Gasteiger partial charge < -0.3 is 10.6 Å². The number of fused-ring (bicyclic) bond motifs is 1. The lowest BCUT2D eigenvalue weighted by Crippen LogP contribution is -2.52. The molecule has 7 heteroatoms. The van der Waals surface area contributed by atoms with Crippen molar-refractivity contribution in [3.05, 3.63) is 34.9 Å². The lowest BCUT2D eigenvalue weighted by Gasteiger charge is -2.29. The minimum Gasteiger partial charge on any atom is -0.330 e. The van der Waals surface area contributed by atoms with Crippen LogP contribution in [-0.4, -0.2) is 52.7 Å². The molecule has 7 nitrogen and oxygen atoms in total. The molecule has 3 amide bonds. The van der Waals surface area contributed by atoms with Gasteiger partial charge in [-0.3, -0.25) is 24.6 Å². The molecular formula is C22H32N4O3. The molecule has 2 aliphatic rings. The van der Waals surface area contributed by atoms with Crippen LogP contribution in [0.5, 0.6) is 0 Å². The summed E-state index contributed by atoms with van der Waals surface area (Å²) < 4.78 is 0. The van der Waals surface area contributed by atoms with Crippen LogP contribution in [0.1, 0.15) is 67.4 Å². The number of imide groups is 1. The Morgan fingerprint density at radius 2 is 2.00 bits per heavy atom. The van der Waals surface area contributed by atoms with Gasteiger partial charge in [0.1, 0.15) is 6.04 Å². The fourth-order valence-corrected chi connectivity index (χ4v) is 4.17. The van der Waals surface area contributed by atoms with Gasteiger partial charge in [-0.05, 0) is 63.4 Å². The molecule has 158 valence electrons. The standard InChI is InChI=1S/C22H32N4O3/c1-15(2)25(12-5-3-4-11-23)13-16-7-6-8-17-18(16)14-26(22(17)29)19-9-10-20(27)24-21(19)28/h6-8,15,19H,3-5,9-14,23H2,1-2H3,(H,24,27,28). The van der Waals surface area contributed by atoms with E-state index in [2.05, 4.69) is 30.1 Å². The van der Waals surface area contributed by atoms with Crippen LogP contribution in [0.2, 0.25) is 0 Å². The Morgan fingerprint density at radius 3 is 2.69 bits per heavy atom. The van der Waals surface area contributed by atoms with Crippen molar-refractivity contribution >= 4 is 17.7 Å². The summed E-state index contributed by atoms with van der Waals surface area (Å²) in [4.78, 5) is 40.7. The molecule has 29 heavy (non-hydrogen) atoms. The van der Waals surface area contributed by atoms with Gasteiger partial charge in [0.05, 0.1) is 0 Å². The van der Waals surface area contributed by atoms with Gasteiger partial charge >= 0.3 is 0 Å². The molecule has 0 aromatic heterocycles. The fourth-order valence-electron chi connectivity index (χ4n) is 4.17. The zero-order valence-corrected chi connectivity index (χ0v) is 17.4. The van der Waals surface area contributed by atoms with Gasteiger partial charge in [-0.1, -0.05) is 18.6 Å². The lowest BCUT2D eigenvalue weighted by molar-refractivity contribution is -0.136. The Morgan fingerprint density at radius 1 is 1.21 bits per heavy atom. The van der Waals surface area contributed by atoms with Crippen molar-refractivity contribution in [2.24, 2.45) is 5.73 Å². The van der Waals surface area contributed by atoms with Crippen molar-refractivity contribution < 1.29 is 14.4 Å². The van der Waals surface area contributed by atoms with Crippen LogP contribution in [0.4, 0.5) is 0 Å². The van der Waals surface area contributed by atoms with Crippen molar-refractivity contribution in [2.75, 3.05) is 13.1 Å². The van der Waals surface area contributed by atoms with Gasteiger partial charge in [0.15, 0.2) is 0 Å². The summed E-state index contributed by atoms with van der Waals surface area (Å²) in [6.45, 7) is 7.30. The average Bonchev–Trinajstić information content (AvgIpc) is 3.01. The Labute approximate surface area is 172 Å². The van der Waals surface area contributed by atoms with Crippen LogP contribution in [0.3, 0.4) is 0 Å². The molecule has 0 aliphatic carbocycles. The van der Waals surface area contributed by atoms with Crippen molar-refractivity contribution in [3.63, 3.8) is 0 Å². The number of piperidine rings is 1. The average molecular weight is 401 g/mol. The molecule has 3 rings (SSSR count). The highest BCUT2D eigenvalue weighted by atomic mass is 16.2. The molecule has 0 saturated carbocycles. The molecule has 3 N–H and O–H groups in total. The molecule has 0 bridgehead atoms. The summed E-state index contributed by atoms with van der Waals surface area (Å²) in [7, 11) is 0. The maximum absolute atomic E-state index is 13.0. The van der Waals surface area contributed by atoms with Crippen molar-refractivity contribution in [3.8, 4) is 0 Å². The lowest BCUT2D eigenvalue weighted by atomic mass is 10.0. The Bertz CT molecular complexity index is 777. The summed E-state index contributed by atoms with van der Waals surface area (Å²) in [6, 6.07) is 5.67. The van der Waals surface area contributed by atoms with Crippen molar-refractivity contribution in [2.45, 2.75) is 71.1 Å². The predicted molar refractivity (Wildman–Crippen MR) is 111 cm³/mol. The first-order chi connectivity index (χ1) is 13.9. The first-order valence-corrected chi connectivity index (χ1v) is 10.6. The number of hydrogen-bond acceptors (Lipinski definition) is 5. The number of nitrogens with two attached hydrogens (primary N) is 1. The third kappa shape index (κ3) is 4.85. The van der Waals surface area contributed by atoms with Gasteiger partial charge in [0.25, 0.3) is 5.91 Å². The number of carbonyl (C=O) groups is 3. The van der Waals surface area contributed by atoms with E-state index in [4.69, 9.17) is 5.73 Å². The smallest absolute Gasteiger partial charge is 0.255 e. The first-order valence-electron chi connectivity index (χ1n) is 10.6. The molecule has 2 heterocycles. The van der Waals surface area contributed by atoms with E-state index < -0.39 is 6.04 Å². The summed E-state index contributed by atoms with van der Waals surface area (Å²) in [5.74, 6) is -0.749. The topological polar surface area (TPSA) is 95.7 Å². The van der Waals surface area contributed by atoms with E-state index in [0.29, 0.717) is 24.6 Å². The maximum Gasteiger partial charge on any atom is 0.255 e. The van der Waals surface area contributed by atoms with E-state index in [1.54, 1.807) is 4.90 Å². The molecule has 1 fully saturated rings. The maximum atomic E-state index is 13.0. The van der Waals surface area contributed by atoms with Gasteiger partial charge in [-0.2, -0.15) is 0 Å². The number of hydrogen-bond donors (Lipinski definition) is 2. The second-order valence-electron chi connectivity index (χ2n) is 8.26. The quantitative estimate of drug-likeness (QED) is 0.487. The van der Waals surface area contributed by atoms with E-state index in [9.17, 15) is 14.4 Å². The third-order valence-electron chi connectivity index (χ3n) is 5.93. The predicted octanol–water partition coefficient (Wildman–Crippen LogP) is 1.79. The highest BCUT2D eigenvalue weighted by Gasteiger charge is 2.39. The normalized spacial score (nSPS) is 19.3. The number of nitrogens with one attached hydrogen (secondary N) is 1. The minimum absolute atomic E-state index is 0.115. The van der Waals surface area contributed by atoms with E-state index in [1.165, 1.54) is 0 Å². The van der Waals surface area contributed by atoms with E-state index in [1.807, 2.05) is 12.1 Å². The van der Waals surface area contributed by atoms with Crippen LogP contribution < -0.4 is 11.1 Å². The number of nitrogens with zero attached hydrogens (tertiary/aromatic N) is 2. The molecule has 0 spiro atoms. The number of carbonyl (C=O) groups excluding carboxylic acids is 3. The summed E-state index contributed by atoms with van der Waals surface area (Å²) in [5.41, 5.74) is 8.42. The molecule has 1 saturated heterocycles. The van der Waals surface area contributed by atoms with E-state index in [-0.39, 0.29) is 24.1 Å². The Balaban J connectivity index is 1.74. The molecule has 1 aromatic rings. The van der Waals surface area contributed by atoms with E-state index in [0.717, 1.165) is 50.0 Å². The highest BCUT2D eigenvalue weighted by molar-refractivity contribution is 6.05. The van der Waals surface area contributed by atoms with Crippen LogP contribution >= 0.6 is 0 Å². The van der Waals surface area contributed by atoms with Gasteiger partial charge in [-0.25, -0.2) is 0 Å². The van der Waals surface area contributed by atoms with Gasteiger partial charge in [-0.15, -0.1) is 0 Å². The van der Waals surface area contributed by atoms with Gasteiger partial charge in [0.2, 0.25) is 11.8 Å². The van der Waals surface area contributed by atoms with Crippen LogP contribution in [0, 0.1) is 0 Å². The van der Waals surface area contributed by atoms with Crippen LogP contribution in [0.15, 0.2) is 18.2 Å². The fraction of sp³-hybridized carbons (Fsp3) is 0.591. The van der Waals surface area contributed by atoms with Gasteiger partial charge in [0, 0.05) is 31.1 Å². The molecule has 0 radical (unpaired) electrons. The SMILES string of the molecule is CC(C)N(CCCCCN)Cc1cccc2c1CN(C1CCC(=O)NC1=O)C2=O. The minimum atomic E-state index is -0.571. The summed E-state index contributed by atoms with van der Waals surface area (Å²) >= 11 is 0. The molecule has 1 aromatic carbocycles. The highest BCUT2D eigenvalue weighted by Crippen LogP contribution is 2.30. The van der Waals surface area contributed by atoms with Crippen molar-refractivity contribution in [1.29, 1.82) is 0 Å². The van der Waals surface area contributed by atoms with E-state index >= 15 is 0 Å². The number of unbranched alkanes of at least 4 members (excludes halogenated alkanes) is 2. The summed E-state index contributed by atoms with van der Waals surface area (Å²) in [5, 5.41) is 2.36. The Kier molecular flexibility index (Phi) is 7.03. The molecule has 1 unspecified atom stereocenters. The molecule has 1 atom stereocenters. The zero-order chi connectivity index (χ0) is 21.0. The zero-order valence-electron chi connectivity index (χ0n) is 17.4. The number of benzene rings is 1. The monoisotopic (exact) mass is 400 g/mol. The largest absolute Gasteiger partial charge is 0.330 e. The number of rotatable bonds is 9. The van der Waals surface area contributed by atoms with Crippen molar-refractivity contribution in [1.82, 2.24) is 15.1 Å². The Hall–Kier alpha value is -2.25. The van der Waals surface area contributed by atoms with Crippen LogP contribution in [0.25, 0.3) is 0 Å². The molecule has 2 aliphatic heterocycles.